The summed E-state index contributed by atoms with van der Waals surface area (Å²) in [4.78, 5) is 0. The Morgan fingerprint density at radius 3 is 2.80 bits per heavy atom. The van der Waals surface area contributed by atoms with Crippen LogP contribution in [0.2, 0.25) is 0 Å². The summed E-state index contributed by atoms with van der Waals surface area (Å²) < 4.78 is 18.3. The van der Waals surface area contributed by atoms with Crippen LogP contribution in [0, 0.1) is 5.82 Å². The van der Waals surface area contributed by atoms with E-state index in [9.17, 15) is 9.50 Å². The smallest absolute Gasteiger partial charge is 0.139 e. The van der Waals surface area contributed by atoms with Gasteiger partial charge in [-0.1, -0.05) is 17.8 Å². The number of ether oxygens (including phenoxy) is 1. The lowest BCUT2D eigenvalue weighted by Crippen LogP contribution is -1.96. The molecule has 0 unspecified atom stereocenters. The predicted molar refractivity (Wildman–Crippen MR) is 53.1 cm³/mol. The molecule has 80 valence electrons. The quantitative estimate of drug-likeness (QED) is 0.346. The first-order valence-electron chi connectivity index (χ1n) is 4.12. The molecule has 0 amide bonds. The normalized spacial score (nSPS) is 10.5. The van der Waals surface area contributed by atoms with Gasteiger partial charge in [0.25, 0.3) is 0 Å². The van der Waals surface area contributed by atoms with E-state index >= 15 is 0 Å². The van der Waals surface area contributed by atoms with Crippen LogP contribution in [0.3, 0.4) is 0 Å². The summed E-state index contributed by atoms with van der Waals surface area (Å²) in [6.07, 6.45) is 2.31. The predicted octanol–water partition coefficient (Wildman–Crippen LogP) is 1.90. The van der Waals surface area contributed by atoms with E-state index in [1.54, 1.807) is 0 Å². The third-order valence-electron chi connectivity index (χ3n) is 1.64. The first-order valence-corrected chi connectivity index (χ1v) is 4.12. The Morgan fingerprint density at radius 1 is 1.53 bits per heavy atom. The Morgan fingerprint density at radius 2 is 2.27 bits per heavy atom. The molecule has 0 radical (unpaired) electrons. The van der Waals surface area contributed by atoms with Crippen LogP contribution in [-0.4, -0.2) is 23.1 Å². The molecule has 0 aromatic heterocycles. The first-order chi connectivity index (χ1) is 7.19. The maximum Gasteiger partial charge on any atom is 0.139 e. The molecular formula is C10H10FNO3. The van der Waals surface area contributed by atoms with E-state index in [2.05, 4.69) is 11.7 Å². The number of phenolic OH excluding ortho intramolecular Hbond substituents is 1. The van der Waals surface area contributed by atoms with E-state index in [-0.39, 0.29) is 23.7 Å². The average molecular weight is 211 g/mol. The molecule has 4 nitrogen and oxygen atoms in total. The van der Waals surface area contributed by atoms with Gasteiger partial charge in [-0.15, -0.1) is 0 Å². The summed E-state index contributed by atoms with van der Waals surface area (Å²) in [6, 6.07) is 2.31. The summed E-state index contributed by atoms with van der Waals surface area (Å²) in [5.74, 6) is -0.904. The van der Waals surface area contributed by atoms with Crippen molar-refractivity contribution in [2.45, 2.75) is 0 Å². The van der Waals surface area contributed by atoms with Gasteiger partial charge in [-0.25, -0.2) is 4.39 Å². The highest BCUT2D eigenvalue weighted by Crippen LogP contribution is 2.25. The van der Waals surface area contributed by atoms with Crippen molar-refractivity contribution in [3.05, 3.63) is 36.2 Å². The van der Waals surface area contributed by atoms with Gasteiger partial charge in [0.1, 0.15) is 23.9 Å². The zero-order valence-corrected chi connectivity index (χ0v) is 7.85. The van der Waals surface area contributed by atoms with Gasteiger partial charge in [0.15, 0.2) is 0 Å². The highest BCUT2D eigenvalue weighted by molar-refractivity contribution is 5.83. The zero-order chi connectivity index (χ0) is 11.3. The van der Waals surface area contributed by atoms with Crippen molar-refractivity contribution in [3.8, 4) is 11.5 Å². The van der Waals surface area contributed by atoms with Gasteiger partial charge in [0.05, 0.1) is 11.8 Å². The third kappa shape index (κ3) is 2.70. The standard InChI is InChI=1S/C10H10FNO3/c1-2-3-15-7-4-9(11)8(6-12-14)10(13)5-7/h2,4-6,13-14H,1,3H2. The Balaban J connectivity index is 3.02. The topological polar surface area (TPSA) is 62.0 Å². The molecule has 0 spiro atoms. The van der Waals surface area contributed by atoms with Crippen LogP contribution >= 0.6 is 0 Å². The van der Waals surface area contributed by atoms with Gasteiger partial charge in [0.2, 0.25) is 0 Å². The van der Waals surface area contributed by atoms with Crippen LogP contribution in [0.5, 0.6) is 11.5 Å². The molecule has 0 saturated carbocycles. The van der Waals surface area contributed by atoms with E-state index in [0.717, 1.165) is 12.3 Å². The fraction of sp³-hybridized carbons (Fsp3) is 0.100. The molecule has 15 heavy (non-hydrogen) atoms. The molecule has 2 N–H and O–H groups in total. The summed E-state index contributed by atoms with van der Waals surface area (Å²) in [5.41, 5.74) is -0.191. The number of hydrogen-bond donors (Lipinski definition) is 2. The lowest BCUT2D eigenvalue weighted by Gasteiger charge is -2.06. The number of aromatic hydroxyl groups is 1. The molecule has 0 bridgehead atoms. The zero-order valence-electron chi connectivity index (χ0n) is 7.85. The van der Waals surface area contributed by atoms with Crippen molar-refractivity contribution in [3.63, 3.8) is 0 Å². The summed E-state index contributed by atoms with van der Waals surface area (Å²) in [7, 11) is 0. The molecule has 0 fully saturated rings. The number of phenols is 1. The van der Waals surface area contributed by atoms with Gasteiger partial charge in [-0.2, -0.15) is 0 Å². The second kappa shape index (κ2) is 4.99. The summed E-state index contributed by atoms with van der Waals surface area (Å²) >= 11 is 0. The van der Waals surface area contributed by atoms with Crippen LogP contribution in [0.25, 0.3) is 0 Å². The maximum absolute atomic E-state index is 13.3. The Labute approximate surface area is 85.9 Å². The number of halogens is 1. The van der Waals surface area contributed by atoms with Crippen LogP contribution in [0.4, 0.5) is 4.39 Å². The first kappa shape index (κ1) is 11.0. The van der Waals surface area contributed by atoms with Crippen molar-refractivity contribution < 1.29 is 19.4 Å². The van der Waals surface area contributed by atoms with Gasteiger partial charge in [-0.3, -0.25) is 0 Å². The van der Waals surface area contributed by atoms with Crippen molar-refractivity contribution >= 4 is 6.21 Å². The molecule has 1 aromatic carbocycles. The molecule has 0 aliphatic rings. The number of rotatable bonds is 4. The minimum absolute atomic E-state index is 0.181. The monoisotopic (exact) mass is 211 g/mol. The van der Waals surface area contributed by atoms with E-state index in [1.807, 2.05) is 0 Å². The molecule has 0 atom stereocenters. The Bertz CT molecular complexity index is 367. The van der Waals surface area contributed by atoms with Crippen molar-refractivity contribution in [1.82, 2.24) is 0 Å². The molecule has 0 aliphatic carbocycles. The lowest BCUT2D eigenvalue weighted by atomic mass is 10.2. The van der Waals surface area contributed by atoms with Crippen LogP contribution in [-0.2, 0) is 0 Å². The van der Waals surface area contributed by atoms with Crippen molar-refractivity contribution in [2.24, 2.45) is 5.16 Å². The van der Waals surface area contributed by atoms with Crippen molar-refractivity contribution in [2.75, 3.05) is 6.61 Å². The fourth-order valence-electron chi connectivity index (χ4n) is 1.00. The number of nitrogens with zero attached hydrogens (tertiary/aromatic N) is 1. The SMILES string of the molecule is C=CCOc1cc(O)c(C=NO)c(F)c1. The van der Waals surface area contributed by atoms with E-state index in [1.165, 1.54) is 12.1 Å². The highest BCUT2D eigenvalue weighted by Gasteiger charge is 2.09. The highest BCUT2D eigenvalue weighted by atomic mass is 19.1. The van der Waals surface area contributed by atoms with E-state index in [0.29, 0.717) is 0 Å². The minimum atomic E-state index is -0.730. The Hall–Kier alpha value is -2.04. The summed E-state index contributed by atoms with van der Waals surface area (Å²) in [5, 5.41) is 20.2. The largest absolute Gasteiger partial charge is 0.507 e. The number of hydrogen-bond acceptors (Lipinski definition) is 4. The average Bonchev–Trinajstić information content (AvgIpc) is 2.20. The minimum Gasteiger partial charge on any atom is -0.507 e. The number of oxime groups is 1. The lowest BCUT2D eigenvalue weighted by molar-refractivity contribution is 0.321. The molecular weight excluding hydrogens is 201 g/mol. The second-order valence-electron chi connectivity index (χ2n) is 2.68. The molecule has 1 aromatic rings. The van der Waals surface area contributed by atoms with Crippen LogP contribution in [0.15, 0.2) is 29.9 Å². The van der Waals surface area contributed by atoms with Gasteiger partial charge in [-0.05, 0) is 0 Å². The molecule has 0 aliphatic heterocycles. The van der Waals surface area contributed by atoms with Gasteiger partial charge < -0.3 is 15.1 Å². The van der Waals surface area contributed by atoms with E-state index < -0.39 is 5.82 Å². The fourth-order valence-corrected chi connectivity index (χ4v) is 1.00. The van der Waals surface area contributed by atoms with Gasteiger partial charge >= 0.3 is 0 Å². The molecule has 1 rings (SSSR count). The molecule has 0 heterocycles. The molecule has 5 heteroatoms. The maximum atomic E-state index is 13.3. The van der Waals surface area contributed by atoms with Crippen LogP contribution in [0.1, 0.15) is 5.56 Å². The Kier molecular flexibility index (Phi) is 3.68. The second-order valence-corrected chi connectivity index (χ2v) is 2.68. The van der Waals surface area contributed by atoms with Crippen LogP contribution < -0.4 is 4.74 Å². The third-order valence-corrected chi connectivity index (χ3v) is 1.64. The van der Waals surface area contributed by atoms with E-state index in [4.69, 9.17) is 9.94 Å². The number of benzene rings is 1. The van der Waals surface area contributed by atoms with Crippen molar-refractivity contribution in [1.29, 1.82) is 0 Å². The summed E-state index contributed by atoms with van der Waals surface area (Å²) in [6.45, 7) is 3.65. The van der Waals surface area contributed by atoms with Gasteiger partial charge in [0, 0.05) is 12.1 Å². The molecule has 0 saturated heterocycles.